The summed E-state index contributed by atoms with van der Waals surface area (Å²) in [5, 5.41) is 2.12. The predicted octanol–water partition coefficient (Wildman–Crippen LogP) is 7.29. The van der Waals surface area contributed by atoms with Gasteiger partial charge in [0.1, 0.15) is 6.54 Å². The third-order valence-corrected chi connectivity index (χ3v) is 8.61. The van der Waals surface area contributed by atoms with Crippen LogP contribution in [0.15, 0.2) is 66.0 Å². The number of aryl methyl sites for hydroxylation is 1. The largest absolute Gasteiger partial charge is 0.330 e. The van der Waals surface area contributed by atoms with Crippen LogP contribution in [0.5, 0.6) is 0 Å². The number of fused-ring (bicyclic) bond motifs is 1. The molecule has 1 aliphatic heterocycles. The summed E-state index contributed by atoms with van der Waals surface area (Å²) in [6, 6.07) is 20.3. The summed E-state index contributed by atoms with van der Waals surface area (Å²) >= 11 is 1.77. The molecular weight excluding hydrogens is 476 g/mol. The third kappa shape index (κ3) is 6.51. The van der Waals surface area contributed by atoms with Gasteiger partial charge < -0.3 is 9.80 Å². The average Bonchev–Trinajstić information content (AvgIpc) is 3.42. The van der Waals surface area contributed by atoms with E-state index in [9.17, 15) is 9.59 Å². The zero-order valence-corrected chi connectivity index (χ0v) is 23.3. The maximum absolute atomic E-state index is 13.8. The Morgan fingerprint density at radius 2 is 1.76 bits per heavy atom. The van der Waals surface area contributed by atoms with Crippen LogP contribution < -0.4 is 0 Å². The number of unbranched alkanes of at least 4 members (excludes halogenated alkanes) is 3. The van der Waals surface area contributed by atoms with Gasteiger partial charge in [-0.15, -0.1) is 11.3 Å². The van der Waals surface area contributed by atoms with Crippen molar-refractivity contribution in [2.45, 2.75) is 77.8 Å². The molecule has 5 heteroatoms. The van der Waals surface area contributed by atoms with Crippen molar-refractivity contribution >= 4 is 23.2 Å². The number of nitrogens with zero attached hydrogens (tertiary/aromatic N) is 2. The molecule has 196 valence electrons. The Balaban J connectivity index is 1.51. The molecule has 0 radical (unpaired) electrons. The molecule has 0 fully saturated rings. The highest BCUT2D eigenvalue weighted by atomic mass is 32.1. The smallest absolute Gasteiger partial charge is 0.254 e. The number of hydrogen-bond donors (Lipinski definition) is 0. The second kappa shape index (κ2) is 13.0. The van der Waals surface area contributed by atoms with E-state index in [1.807, 2.05) is 42.2 Å². The van der Waals surface area contributed by atoms with Crippen molar-refractivity contribution in [3.8, 4) is 0 Å². The molecule has 2 heterocycles. The van der Waals surface area contributed by atoms with Crippen LogP contribution in [0.1, 0.15) is 90.8 Å². The van der Waals surface area contributed by atoms with Crippen molar-refractivity contribution in [1.82, 2.24) is 9.80 Å². The van der Waals surface area contributed by atoms with Gasteiger partial charge >= 0.3 is 0 Å². The Hall–Kier alpha value is -2.92. The van der Waals surface area contributed by atoms with Gasteiger partial charge in [0.25, 0.3) is 5.91 Å². The fourth-order valence-electron chi connectivity index (χ4n) is 5.20. The molecule has 0 saturated heterocycles. The molecule has 0 saturated carbocycles. The first kappa shape index (κ1) is 27.1. The Labute approximate surface area is 226 Å². The SMILES string of the molecule is CCCCCCc1ccc(C(=O)N(CC(=O)N2CCc3sccc3[C@@H]2c2ccccc2)[C@H](C)CC)cc1. The Morgan fingerprint density at radius 1 is 1.00 bits per heavy atom. The van der Waals surface area contributed by atoms with Crippen molar-refractivity contribution in [2.24, 2.45) is 0 Å². The Morgan fingerprint density at radius 3 is 2.46 bits per heavy atom. The molecule has 37 heavy (non-hydrogen) atoms. The van der Waals surface area contributed by atoms with E-state index in [2.05, 4.69) is 49.6 Å². The number of rotatable bonds is 11. The third-order valence-electron chi connectivity index (χ3n) is 7.61. The summed E-state index contributed by atoms with van der Waals surface area (Å²) in [5.74, 6) is -0.0587. The molecule has 0 aliphatic carbocycles. The van der Waals surface area contributed by atoms with Crippen LogP contribution in [0.4, 0.5) is 0 Å². The zero-order chi connectivity index (χ0) is 26.2. The molecule has 4 rings (SSSR count). The first-order valence-electron chi connectivity index (χ1n) is 13.8. The van der Waals surface area contributed by atoms with E-state index in [0.717, 1.165) is 24.8 Å². The second-order valence-electron chi connectivity index (χ2n) is 10.1. The molecule has 0 N–H and O–H groups in total. The van der Waals surface area contributed by atoms with E-state index in [1.165, 1.54) is 41.7 Å². The minimum Gasteiger partial charge on any atom is -0.330 e. The molecule has 0 bridgehead atoms. The minimum absolute atomic E-state index is 0.00639. The van der Waals surface area contributed by atoms with E-state index < -0.39 is 0 Å². The standard InChI is InChI=1S/C32H40N2O2S/c1-4-6-7-9-12-25-15-17-27(18-16-25)32(36)34(24(3)5-2)23-30(35)33-21-19-29-28(20-22-37-29)31(33)26-13-10-8-11-14-26/h8,10-11,13-18,20,22,24,31H,4-7,9,12,19,21,23H2,1-3H3/t24-,31+/m1/s1. The van der Waals surface area contributed by atoms with E-state index >= 15 is 0 Å². The normalized spacial score (nSPS) is 15.8. The minimum atomic E-state index is -0.107. The maximum Gasteiger partial charge on any atom is 0.254 e. The van der Waals surface area contributed by atoms with Crippen LogP contribution in [0, 0.1) is 0 Å². The van der Waals surface area contributed by atoms with Crippen molar-refractivity contribution in [3.63, 3.8) is 0 Å². The predicted molar refractivity (Wildman–Crippen MR) is 153 cm³/mol. The quantitative estimate of drug-likeness (QED) is 0.251. The summed E-state index contributed by atoms with van der Waals surface area (Å²) in [6.07, 6.45) is 7.63. The van der Waals surface area contributed by atoms with Crippen molar-refractivity contribution in [2.75, 3.05) is 13.1 Å². The molecule has 2 amide bonds. The number of amides is 2. The molecule has 4 nitrogen and oxygen atoms in total. The Bertz CT molecular complexity index is 1160. The van der Waals surface area contributed by atoms with Crippen LogP contribution in [0.2, 0.25) is 0 Å². The molecule has 2 aromatic carbocycles. The Kier molecular flexibility index (Phi) is 9.56. The number of carbonyl (C=O) groups excluding carboxylic acids is 2. The first-order chi connectivity index (χ1) is 18.0. The number of thiophene rings is 1. The van der Waals surface area contributed by atoms with Crippen LogP contribution in [0.25, 0.3) is 0 Å². The molecule has 0 spiro atoms. The van der Waals surface area contributed by atoms with Crippen molar-refractivity contribution in [3.05, 3.63) is 93.2 Å². The second-order valence-corrected chi connectivity index (χ2v) is 11.1. The van der Waals surface area contributed by atoms with Gasteiger partial charge in [0.15, 0.2) is 0 Å². The van der Waals surface area contributed by atoms with Gasteiger partial charge in [-0.25, -0.2) is 0 Å². The van der Waals surface area contributed by atoms with Crippen LogP contribution in [-0.4, -0.2) is 40.7 Å². The first-order valence-corrected chi connectivity index (χ1v) is 14.7. The van der Waals surface area contributed by atoms with Gasteiger partial charge in [-0.05, 0) is 72.9 Å². The van der Waals surface area contributed by atoms with E-state index in [-0.39, 0.29) is 30.4 Å². The molecule has 1 aromatic heterocycles. The van der Waals surface area contributed by atoms with E-state index in [1.54, 1.807) is 16.2 Å². The van der Waals surface area contributed by atoms with Gasteiger partial charge in [-0.1, -0.05) is 75.6 Å². The highest BCUT2D eigenvalue weighted by Gasteiger charge is 2.34. The lowest BCUT2D eigenvalue weighted by Gasteiger charge is -2.38. The highest BCUT2D eigenvalue weighted by molar-refractivity contribution is 7.10. The molecular formula is C32H40N2O2S. The molecule has 0 unspecified atom stereocenters. The number of hydrogen-bond acceptors (Lipinski definition) is 3. The summed E-state index contributed by atoms with van der Waals surface area (Å²) in [5.41, 5.74) is 4.26. The van der Waals surface area contributed by atoms with Crippen molar-refractivity contribution < 1.29 is 9.59 Å². The van der Waals surface area contributed by atoms with Gasteiger partial charge in [0.05, 0.1) is 6.04 Å². The van der Waals surface area contributed by atoms with Crippen LogP contribution >= 0.6 is 11.3 Å². The van der Waals surface area contributed by atoms with Gasteiger partial charge in [0.2, 0.25) is 5.91 Å². The number of benzene rings is 2. The average molecular weight is 517 g/mol. The zero-order valence-electron chi connectivity index (χ0n) is 22.5. The molecule has 2 atom stereocenters. The monoisotopic (exact) mass is 516 g/mol. The van der Waals surface area contributed by atoms with Gasteiger partial charge in [0, 0.05) is 23.0 Å². The van der Waals surface area contributed by atoms with Crippen LogP contribution in [-0.2, 0) is 17.6 Å². The number of carbonyl (C=O) groups is 2. The summed E-state index contributed by atoms with van der Waals surface area (Å²) in [7, 11) is 0. The van der Waals surface area contributed by atoms with E-state index in [0.29, 0.717) is 12.1 Å². The fraction of sp³-hybridized carbons (Fsp3) is 0.438. The lowest BCUT2D eigenvalue weighted by molar-refractivity contribution is -0.134. The topological polar surface area (TPSA) is 40.6 Å². The van der Waals surface area contributed by atoms with Crippen LogP contribution in [0.3, 0.4) is 0 Å². The summed E-state index contributed by atoms with van der Waals surface area (Å²) in [6.45, 7) is 7.09. The lowest BCUT2D eigenvalue weighted by atomic mass is 9.93. The lowest BCUT2D eigenvalue weighted by Crippen LogP contribution is -2.49. The highest BCUT2D eigenvalue weighted by Crippen LogP contribution is 2.37. The molecule has 3 aromatic rings. The van der Waals surface area contributed by atoms with Gasteiger partial charge in [-0.3, -0.25) is 9.59 Å². The molecule has 1 aliphatic rings. The van der Waals surface area contributed by atoms with Gasteiger partial charge in [-0.2, -0.15) is 0 Å². The maximum atomic E-state index is 13.8. The van der Waals surface area contributed by atoms with Crippen molar-refractivity contribution in [1.29, 1.82) is 0 Å². The summed E-state index contributed by atoms with van der Waals surface area (Å²) in [4.78, 5) is 32.6. The fourth-order valence-corrected chi connectivity index (χ4v) is 6.10. The summed E-state index contributed by atoms with van der Waals surface area (Å²) < 4.78 is 0. The van der Waals surface area contributed by atoms with E-state index in [4.69, 9.17) is 0 Å².